The first-order valence-corrected chi connectivity index (χ1v) is 10.0. The zero-order valence-corrected chi connectivity index (χ0v) is 15.0. The Labute approximate surface area is 154 Å². The second kappa shape index (κ2) is 7.98. The number of hydrogen-bond acceptors (Lipinski definition) is 9. The number of nitrogens with one attached hydrogen (secondary N) is 3. The first kappa shape index (κ1) is 19.2. The number of benzene rings is 1. The van der Waals surface area contributed by atoms with Crippen molar-refractivity contribution in [1.82, 2.24) is 15.8 Å². The Kier molecular flexibility index (Phi) is 5.68. The number of halogens is 1. The van der Waals surface area contributed by atoms with Crippen LogP contribution in [-0.4, -0.2) is 55.3 Å². The normalized spacial score (nSPS) is 18.3. The van der Waals surface area contributed by atoms with Gasteiger partial charge in [-0.15, -0.1) is 0 Å². The highest BCUT2D eigenvalue weighted by Crippen LogP contribution is 2.36. The van der Waals surface area contributed by atoms with Gasteiger partial charge in [0.1, 0.15) is 5.82 Å². The van der Waals surface area contributed by atoms with E-state index in [2.05, 4.69) is 25.3 Å². The van der Waals surface area contributed by atoms with Gasteiger partial charge in [-0.1, -0.05) is 6.07 Å². The zero-order chi connectivity index (χ0) is 19.4. The lowest BCUT2D eigenvalue weighted by Crippen LogP contribution is -2.26. The lowest BCUT2D eigenvalue weighted by molar-refractivity contribution is 0.232. The number of aliphatic hydroxyl groups is 1. The predicted octanol–water partition coefficient (Wildman–Crippen LogP) is 0.682. The Balaban J connectivity index is 1.71. The minimum atomic E-state index is -2.90. The van der Waals surface area contributed by atoms with Crippen molar-refractivity contribution < 1.29 is 23.5 Å². The fraction of sp³-hybridized carbons (Fsp3) is 0.400. The molecule has 1 aromatic carbocycles. The van der Waals surface area contributed by atoms with Gasteiger partial charge in [0.05, 0.1) is 18.4 Å². The fourth-order valence-electron chi connectivity index (χ4n) is 2.71. The zero-order valence-electron chi connectivity index (χ0n) is 14.2. The topological polar surface area (TPSA) is 157 Å². The summed E-state index contributed by atoms with van der Waals surface area (Å²) in [5.41, 5.74) is 3.75. The van der Waals surface area contributed by atoms with Crippen LogP contribution in [0, 0.1) is 10.6 Å². The number of rotatable bonds is 8. The number of anilines is 1. The summed E-state index contributed by atoms with van der Waals surface area (Å²) in [6.45, 7) is -0.201. The molecule has 146 valence electrons. The molecule has 1 aromatic heterocycles. The average molecular weight is 398 g/mol. The van der Waals surface area contributed by atoms with Crippen LogP contribution in [0.4, 0.5) is 10.2 Å². The first-order valence-electron chi connectivity index (χ1n) is 8.11. The van der Waals surface area contributed by atoms with Crippen molar-refractivity contribution in [3.05, 3.63) is 40.8 Å². The molecule has 0 bridgehead atoms. The molecule has 0 saturated heterocycles. The Morgan fingerprint density at radius 2 is 2.26 bits per heavy atom. The largest absolute Gasteiger partial charge is 0.395 e. The molecular formula is C15H19FN6O4S. The van der Waals surface area contributed by atoms with E-state index in [1.807, 2.05) is 5.48 Å². The van der Waals surface area contributed by atoms with Crippen molar-refractivity contribution in [3.63, 3.8) is 0 Å². The molecule has 0 amide bonds. The maximum atomic E-state index is 13.4. The fourth-order valence-corrected chi connectivity index (χ4v) is 3.64. The number of nitrogens with zero attached hydrogens (tertiary/aromatic N) is 3. The minimum Gasteiger partial charge on any atom is -0.395 e. The lowest BCUT2D eigenvalue weighted by atomic mass is 9.83. The monoisotopic (exact) mass is 398 g/mol. The number of fused-ring (bicyclic) bond motifs is 1. The van der Waals surface area contributed by atoms with Crippen LogP contribution in [0.1, 0.15) is 22.9 Å². The van der Waals surface area contributed by atoms with E-state index >= 15 is 0 Å². The summed E-state index contributed by atoms with van der Waals surface area (Å²) in [7, 11) is -2.90. The SMILES string of the molecule is N=[S@@](=O)(CCO)CCNc1nonc1C(=N[C@H]1Cc2ccc(F)cc21)NO. The third kappa shape index (κ3) is 4.40. The van der Waals surface area contributed by atoms with E-state index in [1.165, 1.54) is 12.1 Å². The van der Waals surface area contributed by atoms with Gasteiger partial charge in [-0.25, -0.2) is 13.2 Å². The molecule has 0 aliphatic heterocycles. The molecule has 1 heterocycles. The molecule has 1 aliphatic carbocycles. The summed E-state index contributed by atoms with van der Waals surface area (Å²) in [4.78, 5) is 4.33. The van der Waals surface area contributed by atoms with Crippen molar-refractivity contribution in [3.8, 4) is 0 Å². The minimum absolute atomic E-state index is 0.00579. The van der Waals surface area contributed by atoms with Crippen LogP contribution in [-0.2, 0) is 16.1 Å². The highest BCUT2D eigenvalue weighted by Gasteiger charge is 2.28. The molecule has 12 heteroatoms. The Hall–Kier alpha value is -2.57. The van der Waals surface area contributed by atoms with Crippen LogP contribution in [0.3, 0.4) is 0 Å². The highest BCUT2D eigenvalue weighted by atomic mass is 32.2. The quantitative estimate of drug-likeness (QED) is 0.247. The smallest absolute Gasteiger partial charge is 0.202 e. The summed E-state index contributed by atoms with van der Waals surface area (Å²) in [6, 6.07) is 4.13. The molecule has 5 N–H and O–H groups in total. The molecule has 2 atom stereocenters. The molecule has 0 saturated carbocycles. The standard InChI is InChI=1S/C15H19FN6O4S/c16-10-2-1-9-7-12(11(9)8-10)19-15(20-24)13-14(22-26-21-13)18-3-5-27(17,25)6-4-23/h1-2,8,12,17,23-24H,3-7H2,(H,18,22)(H,19,20)/t12-,27-/m0/s1. The van der Waals surface area contributed by atoms with Gasteiger partial charge < -0.3 is 10.4 Å². The van der Waals surface area contributed by atoms with Gasteiger partial charge in [0.25, 0.3) is 0 Å². The molecule has 27 heavy (non-hydrogen) atoms. The number of aromatic nitrogens is 2. The average Bonchev–Trinajstić information content (AvgIpc) is 3.06. The van der Waals surface area contributed by atoms with Gasteiger partial charge in [0, 0.05) is 22.0 Å². The number of hydrogen-bond donors (Lipinski definition) is 5. The summed E-state index contributed by atoms with van der Waals surface area (Å²) in [5.74, 6) is -0.344. The van der Waals surface area contributed by atoms with Gasteiger partial charge in [0.2, 0.25) is 5.82 Å². The number of hydroxylamine groups is 1. The van der Waals surface area contributed by atoms with Crippen LogP contribution in [0.5, 0.6) is 0 Å². The molecule has 0 unspecified atom stereocenters. The third-order valence-corrected chi connectivity index (χ3v) is 5.83. The van der Waals surface area contributed by atoms with Crippen molar-refractivity contribution >= 4 is 21.4 Å². The molecule has 10 nitrogen and oxygen atoms in total. The number of aliphatic hydroxyl groups excluding tert-OH is 1. The van der Waals surface area contributed by atoms with Gasteiger partial charge in [-0.2, -0.15) is 0 Å². The van der Waals surface area contributed by atoms with Crippen molar-refractivity contribution in [1.29, 1.82) is 4.78 Å². The van der Waals surface area contributed by atoms with Gasteiger partial charge in [-0.05, 0) is 40.0 Å². The van der Waals surface area contributed by atoms with Gasteiger partial charge in [0.15, 0.2) is 11.5 Å². The van der Waals surface area contributed by atoms with Crippen molar-refractivity contribution in [2.45, 2.75) is 12.5 Å². The Morgan fingerprint density at radius 1 is 1.44 bits per heavy atom. The summed E-state index contributed by atoms with van der Waals surface area (Å²) in [6.07, 6.45) is 0.594. The summed E-state index contributed by atoms with van der Waals surface area (Å²) in [5, 5.41) is 28.4. The van der Waals surface area contributed by atoms with E-state index in [9.17, 15) is 13.8 Å². The second-order valence-corrected chi connectivity index (χ2v) is 8.42. The number of amidine groups is 1. The van der Waals surface area contributed by atoms with E-state index in [0.29, 0.717) is 6.42 Å². The van der Waals surface area contributed by atoms with E-state index in [0.717, 1.165) is 11.1 Å². The van der Waals surface area contributed by atoms with E-state index < -0.39 is 9.73 Å². The Morgan fingerprint density at radius 3 is 3.00 bits per heavy atom. The predicted molar refractivity (Wildman–Crippen MR) is 94.8 cm³/mol. The van der Waals surface area contributed by atoms with Gasteiger partial charge >= 0.3 is 0 Å². The van der Waals surface area contributed by atoms with E-state index in [-0.39, 0.29) is 53.9 Å². The van der Waals surface area contributed by atoms with Crippen LogP contribution < -0.4 is 10.8 Å². The van der Waals surface area contributed by atoms with Crippen LogP contribution in [0.15, 0.2) is 27.8 Å². The maximum absolute atomic E-state index is 13.4. The maximum Gasteiger partial charge on any atom is 0.202 e. The highest BCUT2D eigenvalue weighted by molar-refractivity contribution is 7.92. The molecule has 1 aliphatic rings. The summed E-state index contributed by atoms with van der Waals surface area (Å²) >= 11 is 0. The molecule has 2 aromatic rings. The molecule has 3 rings (SSSR count). The van der Waals surface area contributed by atoms with Gasteiger partial charge in [-0.3, -0.25) is 20.5 Å². The van der Waals surface area contributed by atoms with E-state index in [1.54, 1.807) is 6.07 Å². The molecular weight excluding hydrogens is 379 g/mol. The summed E-state index contributed by atoms with van der Waals surface area (Å²) < 4.78 is 37.5. The molecule has 0 fully saturated rings. The lowest BCUT2D eigenvalue weighted by Gasteiger charge is -2.27. The van der Waals surface area contributed by atoms with E-state index in [4.69, 9.17) is 9.89 Å². The third-order valence-electron chi connectivity index (χ3n) is 4.13. The molecule has 0 radical (unpaired) electrons. The van der Waals surface area contributed by atoms with Crippen LogP contribution >= 0.6 is 0 Å². The van der Waals surface area contributed by atoms with Crippen LogP contribution in [0.25, 0.3) is 0 Å². The Bertz CT molecular complexity index is 946. The first-order chi connectivity index (χ1) is 12.9. The second-order valence-electron chi connectivity index (χ2n) is 5.98. The molecule has 0 spiro atoms. The van der Waals surface area contributed by atoms with Crippen LogP contribution in [0.2, 0.25) is 0 Å². The van der Waals surface area contributed by atoms with Crippen molar-refractivity contribution in [2.75, 3.05) is 30.0 Å². The van der Waals surface area contributed by atoms with Crippen molar-refractivity contribution in [2.24, 2.45) is 4.99 Å². The number of aliphatic imine (C=N–C) groups is 1.